The molecule has 1 saturated heterocycles. The summed E-state index contributed by atoms with van der Waals surface area (Å²) in [5, 5.41) is 11.8. The van der Waals surface area contributed by atoms with Gasteiger partial charge in [0.15, 0.2) is 0 Å². The largest absolute Gasteiger partial charge is 0.391 e. The summed E-state index contributed by atoms with van der Waals surface area (Å²) in [5.74, 6) is 1.64. The normalized spacial score (nSPS) is 15.7. The molecule has 0 radical (unpaired) electrons. The van der Waals surface area contributed by atoms with E-state index < -0.39 is 0 Å². The Hall–Kier alpha value is -3.48. The molecule has 34 heavy (non-hydrogen) atoms. The van der Waals surface area contributed by atoms with Crippen LogP contribution in [0.1, 0.15) is 36.3 Å². The number of hydrogen-bond acceptors (Lipinski definition) is 6. The lowest BCUT2D eigenvalue weighted by Gasteiger charge is -2.06. The van der Waals surface area contributed by atoms with Crippen LogP contribution < -0.4 is 5.32 Å². The molecule has 1 N–H and O–H groups in total. The summed E-state index contributed by atoms with van der Waals surface area (Å²) >= 11 is 0. The van der Waals surface area contributed by atoms with Gasteiger partial charge in [-0.1, -0.05) is 83.1 Å². The predicted molar refractivity (Wildman–Crippen MR) is 136 cm³/mol. The molecule has 0 saturated carbocycles. The van der Waals surface area contributed by atoms with Crippen LogP contribution in [-0.2, 0) is 11.4 Å². The molecule has 6 nitrogen and oxygen atoms in total. The van der Waals surface area contributed by atoms with Crippen LogP contribution in [0.5, 0.6) is 0 Å². The first-order valence-corrected chi connectivity index (χ1v) is 11.2. The smallest absolute Gasteiger partial charge is 0.231 e. The summed E-state index contributed by atoms with van der Waals surface area (Å²) in [6, 6.07) is 26.6. The van der Waals surface area contributed by atoms with E-state index in [1.54, 1.807) is 0 Å². The quantitative estimate of drug-likeness (QED) is 0.269. The Kier molecular flexibility index (Phi) is 7.72. The van der Waals surface area contributed by atoms with Crippen molar-refractivity contribution in [1.82, 2.24) is 15.5 Å². The number of aromatic nitrogens is 2. The lowest BCUT2D eigenvalue weighted by Crippen LogP contribution is -2.08. The molecular weight excluding hydrogens is 448 g/mol. The van der Waals surface area contributed by atoms with Gasteiger partial charge in [-0.3, -0.25) is 0 Å². The first-order valence-electron chi connectivity index (χ1n) is 11.2. The number of hydrogen-bond donors (Lipinski definition) is 1. The van der Waals surface area contributed by atoms with Crippen molar-refractivity contribution in [3.05, 3.63) is 95.9 Å². The van der Waals surface area contributed by atoms with E-state index >= 15 is 0 Å². The Bertz CT molecular complexity index is 1230. The van der Waals surface area contributed by atoms with Gasteiger partial charge >= 0.3 is 0 Å². The summed E-state index contributed by atoms with van der Waals surface area (Å²) in [7, 11) is 0. The molecular formula is C27H27ClN4O2. The zero-order valence-corrected chi connectivity index (χ0v) is 19.8. The minimum absolute atomic E-state index is 0. The highest BCUT2D eigenvalue weighted by Crippen LogP contribution is 2.24. The lowest BCUT2D eigenvalue weighted by molar-refractivity contribution is 0.130. The van der Waals surface area contributed by atoms with Crippen LogP contribution in [0.25, 0.3) is 22.5 Å². The molecule has 7 heteroatoms. The van der Waals surface area contributed by atoms with Crippen LogP contribution in [-0.4, -0.2) is 28.9 Å². The van der Waals surface area contributed by atoms with Gasteiger partial charge in [0.2, 0.25) is 11.7 Å². The summed E-state index contributed by atoms with van der Waals surface area (Å²) in [6.07, 6.45) is 1.03. The Morgan fingerprint density at radius 3 is 2.56 bits per heavy atom. The van der Waals surface area contributed by atoms with Gasteiger partial charge in [-0.25, -0.2) is 0 Å². The zero-order valence-electron chi connectivity index (χ0n) is 19.0. The molecule has 0 bridgehead atoms. The SMILES string of the molecule is CC(=NOCc1cccc(-c2ccccc2)c1)c1ccc(-c2noc(C3CCNC3)n2)cc1.Cl. The summed E-state index contributed by atoms with van der Waals surface area (Å²) in [6.45, 7) is 4.25. The molecule has 1 aliphatic heterocycles. The lowest BCUT2D eigenvalue weighted by atomic mass is 10.0. The van der Waals surface area contributed by atoms with Gasteiger partial charge in [-0.05, 0) is 48.2 Å². The Balaban J connectivity index is 0.00000274. The highest BCUT2D eigenvalue weighted by Gasteiger charge is 2.23. The summed E-state index contributed by atoms with van der Waals surface area (Å²) in [4.78, 5) is 10.2. The van der Waals surface area contributed by atoms with Gasteiger partial charge in [0.25, 0.3) is 0 Å². The maximum atomic E-state index is 5.64. The van der Waals surface area contributed by atoms with E-state index in [2.05, 4.69) is 44.9 Å². The third-order valence-corrected chi connectivity index (χ3v) is 5.88. The molecule has 1 atom stereocenters. The van der Waals surface area contributed by atoms with Crippen LogP contribution in [0, 0.1) is 0 Å². The number of nitrogens with zero attached hydrogens (tertiary/aromatic N) is 3. The van der Waals surface area contributed by atoms with E-state index in [0.717, 1.165) is 41.9 Å². The Morgan fingerprint density at radius 2 is 1.79 bits per heavy atom. The van der Waals surface area contributed by atoms with Crippen molar-refractivity contribution in [2.75, 3.05) is 13.1 Å². The summed E-state index contributed by atoms with van der Waals surface area (Å²) < 4.78 is 5.47. The first-order chi connectivity index (χ1) is 16.3. The second-order valence-electron chi connectivity index (χ2n) is 8.24. The molecule has 0 spiro atoms. The highest BCUT2D eigenvalue weighted by molar-refractivity contribution is 5.98. The molecule has 1 fully saturated rings. The van der Waals surface area contributed by atoms with Gasteiger partial charge < -0.3 is 14.7 Å². The monoisotopic (exact) mass is 474 g/mol. The number of rotatable bonds is 7. The molecule has 4 aromatic rings. The molecule has 1 aromatic heterocycles. The predicted octanol–water partition coefficient (Wildman–Crippen LogP) is 5.84. The van der Waals surface area contributed by atoms with Crippen LogP contribution in [0.15, 0.2) is 88.5 Å². The minimum atomic E-state index is 0. The maximum Gasteiger partial charge on any atom is 0.231 e. The van der Waals surface area contributed by atoms with Crippen LogP contribution in [0.2, 0.25) is 0 Å². The topological polar surface area (TPSA) is 72.5 Å². The van der Waals surface area contributed by atoms with Gasteiger partial charge in [0, 0.05) is 12.1 Å². The van der Waals surface area contributed by atoms with Gasteiger partial charge in [0.05, 0.1) is 11.6 Å². The average Bonchev–Trinajstić information content (AvgIpc) is 3.57. The molecule has 3 aromatic carbocycles. The fourth-order valence-corrected chi connectivity index (χ4v) is 3.97. The van der Waals surface area contributed by atoms with Crippen LogP contribution in [0.4, 0.5) is 0 Å². The van der Waals surface area contributed by atoms with Crippen LogP contribution >= 0.6 is 12.4 Å². The van der Waals surface area contributed by atoms with Gasteiger partial charge in [-0.15, -0.1) is 12.4 Å². The fraction of sp³-hybridized carbons (Fsp3) is 0.222. The summed E-state index contributed by atoms with van der Waals surface area (Å²) in [5.41, 5.74) is 6.15. The van der Waals surface area contributed by atoms with E-state index in [1.807, 2.05) is 61.5 Å². The second kappa shape index (κ2) is 11.1. The second-order valence-corrected chi connectivity index (χ2v) is 8.24. The highest BCUT2D eigenvalue weighted by atomic mass is 35.5. The van der Waals surface area contributed by atoms with Crippen molar-refractivity contribution >= 4 is 18.1 Å². The van der Waals surface area contributed by atoms with E-state index in [4.69, 9.17) is 9.36 Å². The Labute approximate surface area is 205 Å². The fourth-order valence-electron chi connectivity index (χ4n) is 3.97. The van der Waals surface area contributed by atoms with Crippen molar-refractivity contribution in [2.45, 2.75) is 25.9 Å². The molecule has 174 valence electrons. The van der Waals surface area contributed by atoms with E-state index in [9.17, 15) is 0 Å². The third-order valence-electron chi connectivity index (χ3n) is 5.88. The zero-order chi connectivity index (χ0) is 22.5. The first kappa shape index (κ1) is 23.7. The van der Waals surface area contributed by atoms with Crippen molar-refractivity contribution in [3.8, 4) is 22.5 Å². The maximum absolute atomic E-state index is 5.64. The van der Waals surface area contributed by atoms with E-state index in [0.29, 0.717) is 24.2 Å². The van der Waals surface area contributed by atoms with Crippen molar-refractivity contribution in [3.63, 3.8) is 0 Å². The molecule has 0 amide bonds. The van der Waals surface area contributed by atoms with Crippen molar-refractivity contribution < 1.29 is 9.36 Å². The molecule has 2 heterocycles. The van der Waals surface area contributed by atoms with Crippen molar-refractivity contribution in [2.24, 2.45) is 5.16 Å². The average molecular weight is 475 g/mol. The molecule has 0 aliphatic carbocycles. The minimum Gasteiger partial charge on any atom is -0.391 e. The number of halogens is 1. The standard InChI is InChI=1S/C27H26N4O2.ClH/c1-19(30-32-18-20-6-5-9-24(16-20)22-7-3-2-4-8-22)21-10-12-23(13-11-21)26-29-27(33-31-26)25-14-15-28-17-25;/h2-13,16,25,28H,14-15,17-18H2,1H3;1H. The Morgan fingerprint density at radius 1 is 1.00 bits per heavy atom. The number of oxime groups is 1. The third kappa shape index (κ3) is 5.53. The van der Waals surface area contributed by atoms with E-state index in [-0.39, 0.29) is 12.4 Å². The van der Waals surface area contributed by atoms with Crippen molar-refractivity contribution in [1.29, 1.82) is 0 Å². The van der Waals surface area contributed by atoms with Gasteiger partial charge in [0.1, 0.15) is 6.61 Å². The van der Waals surface area contributed by atoms with E-state index in [1.165, 1.54) is 11.1 Å². The number of benzene rings is 3. The molecule has 5 rings (SSSR count). The van der Waals surface area contributed by atoms with Crippen LogP contribution in [0.3, 0.4) is 0 Å². The molecule has 1 unspecified atom stereocenters. The van der Waals surface area contributed by atoms with Gasteiger partial charge in [-0.2, -0.15) is 4.98 Å². The number of nitrogens with one attached hydrogen (secondary N) is 1. The molecule has 1 aliphatic rings.